The van der Waals surface area contributed by atoms with Crippen LogP contribution in [-0.4, -0.2) is 60.9 Å². The molecule has 6 nitrogen and oxygen atoms in total. The lowest BCUT2D eigenvalue weighted by molar-refractivity contribution is -0.123. The van der Waals surface area contributed by atoms with Crippen LogP contribution in [0.3, 0.4) is 0 Å². The quantitative estimate of drug-likeness (QED) is 0.744. The van der Waals surface area contributed by atoms with Gasteiger partial charge in [-0.1, -0.05) is 18.9 Å². The molecule has 32 heavy (non-hydrogen) atoms. The van der Waals surface area contributed by atoms with E-state index >= 15 is 0 Å². The van der Waals surface area contributed by atoms with Crippen molar-refractivity contribution in [2.45, 2.75) is 31.7 Å². The lowest BCUT2D eigenvalue weighted by Crippen LogP contribution is -2.56. The number of halogens is 1. The number of methoxy groups -OCH3 is 1. The second-order valence-electron chi connectivity index (χ2n) is 8.55. The maximum Gasteiger partial charge on any atom is 0.253 e. The fraction of sp³-hybridized carbons (Fsp3) is 0.440. The number of amides is 2. The summed E-state index contributed by atoms with van der Waals surface area (Å²) in [7, 11) is 1.61. The van der Waals surface area contributed by atoms with Crippen molar-refractivity contribution < 1.29 is 18.7 Å². The average Bonchev–Trinajstić information content (AvgIpc) is 3.34. The Hall–Kier alpha value is -2.93. The van der Waals surface area contributed by atoms with Gasteiger partial charge in [-0.3, -0.25) is 14.5 Å². The SMILES string of the molecule is COc1cccc(NC(=O)[C@@H](C2CCCC2)N2CCN(C(=O)c3ccc(F)cc3)CC2)c1. The van der Waals surface area contributed by atoms with Crippen molar-refractivity contribution in [3.8, 4) is 5.75 Å². The van der Waals surface area contributed by atoms with Gasteiger partial charge in [0, 0.05) is 43.5 Å². The number of hydrogen-bond donors (Lipinski definition) is 1. The maximum atomic E-state index is 13.4. The van der Waals surface area contributed by atoms with E-state index in [1.807, 2.05) is 24.3 Å². The molecule has 1 N–H and O–H groups in total. The van der Waals surface area contributed by atoms with Gasteiger partial charge < -0.3 is 15.0 Å². The topological polar surface area (TPSA) is 61.9 Å². The molecule has 0 aromatic heterocycles. The van der Waals surface area contributed by atoms with Gasteiger partial charge in [0.1, 0.15) is 11.6 Å². The first-order valence-electron chi connectivity index (χ1n) is 11.3. The second kappa shape index (κ2) is 10.1. The molecule has 0 unspecified atom stereocenters. The van der Waals surface area contributed by atoms with Gasteiger partial charge in [0.15, 0.2) is 0 Å². The zero-order valence-corrected chi connectivity index (χ0v) is 18.4. The van der Waals surface area contributed by atoms with Crippen LogP contribution in [0.15, 0.2) is 48.5 Å². The van der Waals surface area contributed by atoms with Crippen LogP contribution in [0.2, 0.25) is 0 Å². The molecule has 0 radical (unpaired) electrons. The van der Waals surface area contributed by atoms with E-state index in [-0.39, 0.29) is 23.7 Å². The number of nitrogens with one attached hydrogen (secondary N) is 1. The van der Waals surface area contributed by atoms with E-state index in [1.165, 1.54) is 24.3 Å². The second-order valence-corrected chi connectivity index (χ2v) is 8.55. The first kappa shape index (κ1) is 22.3. The van der Waals surface area contributed by atoms with Gasteiger partial charge in [-0.05, 0) is 55.2 Å². The van der Waals surface area contributed by atoms with E-state index in [4.69, 9.17) is 4.74 Å². The van der Waals surface area contributed by atoms with Crippen LogP contribution in [0.1, 0.15) is 36.0 Å². The maximum absolute atomic E-state index is 13.4. The molecule has 170 valence electrons. The lowest BCUT2D eigenvalue weighted by atomic mass is 9.94. The van der Waals surface area contributed by atoms with Crippen LogP contribution in [0.5, 0.6) is 5.75 Å². The van der Waals surface area contributed by atoms with E-state index in [9.17, 15) is 14.0 Å². The molecule has 4 rings (SSSR count). The van der Waals surface area contributed by atoms with E-state index in [0.717, 1.165) is 31.4 Å². The number of ether oxygens (including phenoxy) is 1. The molecular formula is C25H30FN3O3. The number of benzene rings is 2. The number of piperazine rings is 1. The largest absolute Gasteiger partial charge is 0.497 e. The van der Waals surface area contributed by atoms with Crippen LogP contribution in [-0.2, 0) is 4.79 Å². The Bertz CT molecular complexity index is 936. The standard InChI is InChI=1S/C25H30FN3O3/c1-32-22-8-4-7-21(17-22)27-24(30)23(18-5-2-3-6-18)28-13-15-29(16-14-28)25(31)19-9-11-20(26)12-10-19/h4,7-12,17-18,23H,2-3,5-6,13-16H2,1H3,(H,27,30)/t23-/m1/s1. The van der Waals surface area contributed by atoms with E-state index in [0.29, 0.717) is 43.4 Å². The number of anilines is 1. The summed E-state index contributed by atoms with van der Waals surface area (Å²) in [5.41, 5.74) is 1.21. The summed E-state index contributed by atoms with van der Waals surface area (Å²) < 4.78 is 18.4. The molecule has 1 aliphatic heterocycles. The molecule has 1 saturated heterocycles. The Morgan fingerprint density at radius 1 is 1.03 bits per heavy atom. The highest BCUT2D eigenvalue weighted by molar-refractivity contribution is 5.96. The zero-order valence-electron chi connectivity index (χ0n) is 18.4. The molecule has 2 aromatic carbocycles. The zero-order chi connectivity index (χ0) is 22.5. The number of hydrogen-bond acceptors (Lipinski definition) is 4. The van der Waals surface area contributed by atoms with Crippen LogP contribution in [0, 0.1) is 11.7 Å². The Labute approximate surface area is 188 Å². The van der Waals surface area contributed by atoms with Gasteiger partial charge in [0.05, 0.1) is 13.2 Å². The van der Waals surface area contributed by atoms with Crippen molar-refractivity contribution in [3.63, 3.8) is 0 Å². The summed E-state index contributed by atoms with van der Waals surface area (Å²) in [6.45, 7) is 2.37. The Morgan fingerprint density at radius 2 is 1.72 bits per heavy atom. The Balaban J connectivity index is 1.43. The third-order valence-electron chi connectivity index (χ3n) is 6.54. The van der Waals surface area contributed by atoms with Gasteiger partial charge in [0.2, 0.25) is 5.91 Å². The van der Waals surface area contributed by atoms with Gasteiger partial charge in [-0.25, -0.2) is 4.39 Å². The number of nitrogens with zero attached hydrogens (tertiary/aromatic N) is 2. The summed E-state index contributed by atoms with van der Waals surface area (Å²) in [5.74, 6) is 0.576. The van der Waals surface area contributed by atoms with Gasteiger partial charge >= 0.3 is 0 Å². The minimum Gasteiger partial charge on any atom is -0.497 e. The van der Waals surface area contributed by atoms with Crippen LogP contribution >= 0.6 is 0 Å². The highest BCUT2D eigenvalue weighted by Crippen LogP contribution is 2.32. The van der Waals surface area contributed by atoms with E-state index in [2.05, 4.69) is 10.2 Å². The molecule has 1 aliphatic carbocycles. The summed E-state index contributed by atoms with van der Waals surface area (Å²) >= 11 is 0. The molecule has 1 atom stereocenters. The highest BCUT2D eigenvalue weighted by Gasteiger charge is 2.37. The molecule has 2 fully saturated rings. The highest BCUT2D eigenvalue weighted by atomic mass is 19.1. The van der Waals surface area contributed by atoms with Gasteiger partial charge in [-0.2, -0.15) is 0 Å². The predicted molar refractivity (Wildman–Crippen MR) is 121 cm³/mol. The molecule has 0 bridgehead atoms. The van der Waals surface area contributed by atoms with Crippen molar-refractivity contribution in [3.05, 3.63) is 59.9 Å². The molecule has 1 heterocycles. The molecule has 7 heteroatoms. The number of carbonyl (C=O) groups is 2. The van der Waals surface area contributed by atoms with Crippen molar-refractivity contribution in [1.82, 2.24) is 9.80 Å². The molecule has 1 saturated carbocycles. The van der Waals surface area contributed by atoms with Gasteiger partial charge in [0.25, 0.3) is 5.91 Å². The van der Waals surface area contributed by atoms with Crippen LogP contribution < -0.4 is 10.1 Å². The first-order valence-corrected chi connectivity index (χ1v) is 11.3. The fourth-order valence-electron chi connectivity index (χ4n) is 4.85. The summed E-state index contributed by atoms with van der Waals surface area (Å²) in [6, 6.07) is 12.8. The van der Waals surface area contributed by atoms with Gasteiger partial charge in [-0.15, -0.1) is 0 Å². The number of carbonyl (C=O) groups excluding carboxylic acids is 2. The average molecular weight is 440 g/mol. The molecule has 2 aliphatic rings. The van der Waals surface area contributed by atoms with E-state index in [1.54, 1.807) is 12.0 Å². The van der Waals surface area contributed by atoms with Crippen molar-refractivity contribution in [2.24, 2.45) is 5.92 Å². The van der Waals surface area contributed by atoms with Crippen molar-refractivity contribution in [2.75, 3.05) is 38.6 Å². The monoisotopic (exact) mass is 439 g/mol. The smallest absolute Gasteiger partial charge is 0.253 e. The lowest BCUT2D eigenvalue weighted by Gasteiger charge is -2.40. The minimum absolute atomic E-state index is 0.00321. The predicted octanol–water partition coefficient (Wildman–Crippen LogP) is 3.79. The fourth-order valence-corrected chi connectivity index (χ4v) is 4.85. The van der Waals surface area contributed by atoms with Crippen molar-refractivity contribution in [1.29, 1.82) is 0 Å². The normalized spacial score (nSPS) is 18.4. The molecule has 2 aromatic rings. The summed E-state index contributed by atoms with van der Waals surface area (Å²) in [4.78, 5) is 30.1. The first-order chi connectivity index (χ1) is 15.5. The van der Waals surface area contributed by atoms with Crippen LogP contribution in [0.25, 0.3) is 0 Å². The van der Waals surface area contributed by atoms with Crippen molar-refractivity contribution >= 4 is 17.5 Å². The number of rotatable bonds is 6. The third kappa shape index (κ3) is 5.10. The molecule has 2 amide bonds. The summed E-state index contributed by atoms with van der Waals surface area (Å²) in [6.07, 6.45) is 4.39. The van der Waals surface area contributed by atoms with E-state index < -0.39 is 0 Å². The Kier molecular flexibility index (Phi) is 7.05. The minimum atomic E-state index is -0.354. The van der Waals surface area contributed by atoms with Crippen LogP contribution in [0.4, 0.5) is 10.1 Å². The molecular weight excluding hydrogens is 409 g/mol. The molecule has 0 spiro atoms. The summed E-state index contributed by atoms with van der Waals surface area (Å²) in [5, 5.41) is 3.08. The third-order valence-corrected chi connectivity index (χ3v) is 6.54. The Morgan fingerprint density at radius 3 is 2.38 bits per heavy atom.